The molecule has 0 aliphatic heterocycles. The SMILES string of the molecule is CCN(CC)S(=O)(=O)c1ccc(F)c(C(=O)NCc2ccccc2COc2ccccc2)c1. The van der Waals surface area contributed by atoms with E-state index in [1.54, 1.807) is 13.8 Å². The number of nitrogens with zero attached hydrogens (tertiary/aromatic N) is 1. The van der Waals surface area contributed by atoms with Crippen LogP contribution in [0.4, 0.5) is 4.39 Å². The first-order valence-electron chi connectivity index (χ1n) is 10.7. The lowest BCUT2D eigenvalue weighted by molar-refractivity contribution is 0.0946. The normalized spacial score (nSPS) is 11.4. The van der Waals surface area contributed by atoms with Gasteiger partial charge in [0.2, 0.25) is 10.0 Å². The molecule has 0 bridgehead atoms. The van der Waals surface area contributed by atoms with Gasteiger partial charge in [0, 0.05) is 19.6 Å². The predicted molar refractivity (Wildman–Crippen MR) is 125 cm³/mol. The molecule has 174 valence electrons. The van der Waals surface area contributed by atoms with Gasteiger partial charge in [0.15, 0.2) is 0 Å². The van der Waals surface area contributed by atoms with Crippen LogP contribution in [-0.4, -0.2) is 31.7 Å². The van der Waals surface area contributed by atoms with Crippen LogP contribution < -0.4 is 10.1 Å². The van der Waals surface area contributed by atoms with Gasteiger partial charge < -0.3 is 10.1 Å². The third-order valence-electron chi connectivity index (χ3n) is 5.22. The second-order valence-electron chi connectivity index (χ2n) is 7.28. The largest absolute Gasteiger partial charge is 0.489 e. The molecule has 0 aliphatic carbocycles. The summed E-state index contributed by atoms with van der Waals surface area (Å²) in [4.78, 5) is 12.6. The standard InChI is InChI=1S/C25H27FN2O4S/c1-3-28(4-2)33(30,31)22-14-15-24(26)23(16-22)25(29)27-17-19-10-8-9-11-20(19)18-32-21-12-6-5-7-13-21/h5-16H,3-4,17-18H2,1-2H3,(H,27,29). The zero-order valence-corrected chi connectivity index (χ0v) is 19.4. The molecule has 0 unspecified atom stereocenters. The third-order valence-corrected chi connectivity index (χ3v) is 7.27. The lowest BCUT2D eigenvalue weighted by Gasteiger charge is -2.19. The van der Waals surface area contributed by atoms with Crippen molar-refractivity contribution in [3.8, 4) is 5.75 Å². The highest BCUT2D eigenvalue weighted by atomic mass is 32.2. The summed E-state index contributed by atoms with van der Waals surface area (Å²) in [7, 11) is -3.81. The summed E-state index contributed by atoms with van der Waals surface area (Å²) >= 11 is 0. The number of hydrogen-bond acceptors (Lipinski definition) is 4. The van der Waals surface area contributed by atoms with Crippen molar-refractivity contribution in [2.45, 2.75) is 31.9 Å². The Hall–Kier alpha value is -3.23. The molecular formula is C25H27FN2O4S. The molecule has 6 nitrogen and oxygen atoms in total. The number of hydrogen-bond donors (Lipinski definition) is 1. The van der Waals surface area contributed by atoms with E-state index in [4.69, 9.17) is 4.74 Å². The maximum absolute atomic E-state index is 14.4. The second kappa shape index (κ2) is 11.1. The first kappa shape index (κ1) is 24.4. The monoisotopic (exact) mass is 470 g/mol. The van der Waals surface area contributed by atoms with Gasteiger partial charge in [-0.1, -0.05) is 56.3 Å². The summed E-state index contributed by atoms with van der Waals surface area (Å²) in [5.41, 5.74) is 1.37. The minimum atomic E-state index is -3.81. The first-order valence-corrected chi connectivity index (χ1v) is 12.1. The van der Waals surface area contributed by atoms with Gasteiger partial charge in [-0.15, -0.1) is 0 Å². The number of rotatable bonds is 10. The van der Waals surface area contributed by atoms with Crippen molar-refractivity contribution in [2.24, 2.45) is 0 Å². The molecule has 3 rings (SSSR count). The van der Waals surface area contributed by atoms with Crippen LogP contribution in [0.15, 0.2) is 77.7 Å². The lowest BCUT2D eigenvalue weighted by Crippen LogP contribution is -2.31. The van der Waals surface area contributed by atoms with E-state index in [9.17, 15) is 17.6 Å². The molecule has 0 radical (unpaired) electrons. The van der Waals surface area contributed by atoms with E-state index >= 15 is 0 Å². The highest BCUT2D eigenvalue weighted by molar-refractivity contribution is 7.89. The van der Waals surface area contributed by atoms with Crippen molar-refractivity contribution >= 4 is 15.9 Å². The van der Waals surface area contributed by atoms with Crippen LogP contribution in [-0.2, 0) is 23.2 Å². The van der Waals surface area contributed by atoms with Gasteiger partial charge in [-0.05, 0) is 41.5 Å². The molecule has 0 fully saturated rings. The molecule has 0 saturated carbocycles. The van der Waals surface area contributed by atoms with Gasteiger partial charge in [-0.25, -0.2) is 12.8 Å². The molecular weight excluding hydrogens is 443 g/mol. The fourth-order valence-electron chi connectivity index (χ4n) is 3.37. The zero-order chi connectivity index (χ0) is 23.8. The molecule has 3 aromatic carbocycles. The van der Waals surface area contributed by atoms with Gasteiger partial charge in [0.05, 0.1) is 10.5 Å². The van der Waals surface area contributed by atoms with E-state index in [2.05, 4.69) is 5.32 Å². The van der Waals surface area contributed by atoms with Crippen LogP contribution in [0.1, 0.15) is 35.3 Å². The van der Waals surface area contributed by atoms with Crippen molar-refractivity contribution in [1.82, 2.24) is 9.62 Å². The highest BCUT2D eigenvalue weighted by Crippen LogP contribution is 2.20. The van der Waals surface area contributed by atoms with Crippen LogP contribution in [0.5, 0.6) is 5.75 Å². The summed E-state index contributed by atoms with van der Waals surface area (Å²) in [5, 5.41) is 2.69. The molecule has 33 heavy (non-hydrogen) atoms. The van der Waals surface area contributed by atoms with Crippen molar-refractivity contribution in [3.05, 3.63) is 95.3 Å². The fraction of sp³-hybridized carbons (Fsp3) is 0.240. The van der Waals surface area contributed by atoms with Gasteiger partial charge in [0.25, 0.3) is 5.91 Å². The number of benzene rings is 3. The Bertz CT molecular complexity index is 1200. The molecule has 0 atom stereocenters. The van der Waals surface area contributed by atoms with Gasteiger partial charge >= 0.3 is 0 Å². The van der Waals surface area contributed by atoms with Crippen LogP contribution in [0.3, 0.4) is 0 Å². The van der Waals surface area contributed by atoms with E-state index in [-0.39, 0.29) is 30.1 Å². The number of amides is 1. The number of sulfonamides is 1. The van der Waals surface area contributed by atoms with E-state index in [1.807, 2.05) is 54.6 Å². The van der Waals surface area contributed by atoms with Gasteiger partial charge in [0.1, 0.15) is 18.2 Å². The quantitative estimate of drug-likeness (QED) is 0.478. The average molecular weight is 471 g/mol. The summed E-state index contributed by atoms with van der Waals surface area (Å²) in [6, 6.07) is 20.1. The summed E-state index contributed by atoms with van der Waals surface area (Å²) in [6.45, 7) is 4.44. The van der Waals surface area contributed by atoms with E-state index in [0.717, 1.165) is 29.0 Å². The number of carbonyl (C=O) groups excluding carboxylic acids is 1. The summed E-state index contributed by atoms with van der Waals surface area (Å²) in [6.07, 6.45) is 0. The number of ether oxygens (including phenoxy) is 1. The van der Waals surface area contributed by atoms with E-state index < -0.39 is 21.7 Å². The Kier molecular flexibility index (Phi) is 8.19. The maximum Gasteiger partial charge on any atom is 0.254 e. The molecule has 1 amide bonds. The molecule has 0 aliphatic rings. The molecule has 0 aromatic heterocycles. The Morgan fingerprint density at radius 3 is 2.24 bits per heavy atom. The summed E-state index contributed by atoms with van der Waals surface area (Å²) in [5.74, 6) is -0.751. The zero-order valence-electron chi connectivity index (χ0n) is 18.6. The average Bonchev–Trinajstić information content (AvgIpc) is 2.83. The predicted octanol–water partition coefficient (Wildman–Crippen LogP) is 4.37. The maximum atomic E-state index is 14.4. The van der Waals surface area contributed by atoms with E-state index in [0.29, 0.717) is 6.61 Å². The number of nitrogens with one attached hydrogen (secondary N) is 1. The second-order valence-corrected chi connectivity index (χ2v) is 9.22. The lowest BCUT2D eigenvalue weighted by atomic mass is 10.1. The Balaban J connectivity index is 1.74. The number of carbonyl (C=O) groups is 1. The van der Waals surface area contributed by atoms with Crippen molar-refractivity contribution in [3.63, 3.8) is 0 Å². The molecule has 0 saturated heterocycles. The van der Waals surface area contributed by atoms with Crippen molar-refractivity contribution in [1.29, 1.82) is 0 Å². The van der Waals surface area contributed by atoms with Gasteiger partial charge in [-0.3, -0.25) is 4.79 Å². The van der Waals surface area contributed by atoms with Crippen molar-refractivity contribution < 1.29 is 22.3 Å². The van der Waals surface area contributed by atoms with Crippen LogP contribution >= 0.6 is 0 Å². The van der Waals surface area contributed by atoms with Crippen molar-refractivity contribution in [2.75, 3.05) is 13.1 Å². The topological polar surface area (TPSA) is 75.7 Å². The molecule has 1 N–H and O–H groups in total. The number of halogens is 1. The molecule has 3 aromatic rings. The number of para-hydroxylation sites is 1. The Labute approximate surface area is 194 Å². The Morgan fingerprint density at radius 1 is 0.939 bits per heavy atom. The fourth-order valence-corrected chi connectivity index (χ4v) is 4.86. The van der Waals surface area contributed by atoms with Crippen LogP contribution in [0.25, 0.3) is 0 Å². The van der Waals surface area contributed by atoms with Gasteiger partial charge in [-0.2, -0.15) is 4.31 Å². The summed E-state index contributed by atoms with van der Waals surface area (Å²) < 4.78 is 47.0. The van der Waals surface area contributed by atoms with Crippen LogP contribution in [0.2, 0.25) is 0 Å². The van der Waals surface area contributed by atoms with E-state index in [1.165, 1.54) is 10.4 Å². The third kappa shape index (κ3) is 5.97. The van der Waals surface area contributed by atoms with Crippen LogP contribution in [0, 0.1) is 5.82 Å². The molecule has 0 spiro atoms. The molecule has 8 heteroatoms. The molecule has 0 heterocycles. The highest BCUT2D eigenvalue weighted by Gasteiger charge is 2.24. The smallest absolute Gasteiger partial charge is 0.254 e. The Morgan fingerprint density at radius 2 is 1.58 bits per heavy atom. The minimum Gasteiger partial charge on any atom is -0.489 e. The first-order chi connectivity index (χ1) is 15.9. The minimum absolute atomic E-state index is 0.116.